The van der Waals surface area contributed by atoms with Crippen molar-refractivity contribution in [3.63, 3.8) is 0 Å². The summed E-state index contributed by atoms with van der Waals surface area (Å²) < 4.78 is 17.0. The number of rotatable bonds is 4. The van der Waals surface area contributed by atoms with Crippen LogP contribution in [-0.2, 0) is 15.5 Å². The highest BCUT2D eigenvalue weighted by Crippen LogP contribution is 2.28. The van der Waals surface area contributed by atoms with Crippen LogP contribution in [0.5, 0.6) is 0 Å². The molecule has 0 saturated carbocycles. The molecule has 1 aromatic carbocycles. The van der Waals surface area contributed by atoms with Gasteiger partial charge in [-0.15, -0.1) is 0 Å². The Kier molecular flexibility index (Phi) is 2.91. The van der Waals surface area contributed by atoms with Gasteiger partial charge in [0.1, 0.15) is 5.60 Å². The van der Waals surface area contributed by atoms with Crippen LogP contribution in [0.15, 0.2) is 29.2 Å². The standard InChI is InChI=1S/C11H14O3S/c1-9-2-4-10(5-3-9)15(13)8-11(6-12)7-14-11/h2-5,12H,6-8H2,1H3/t11-,15?/m1/s1. The number of aliphatic hydroxyl groups excluding tert-OH is 1. The second-order valence-electron chi connectivity index (χ2n) is 3.93. The summed E-state index contributed by atoms with van der Waals surface area (Å²) in [4.78, 5) is 0.795. The predicted octanol–water partition coefficient (Wildman–Crippen LogP) is 0.864. The molecular weight excluding hydrogens is 212 g/mol. The van der Waals surface area contributed by atoms with Gasteiger partial charge in [0.2, 0.25) is 0 Å². The molecule has 82 valence electrons. The highest BCUT2D eigenvalue weighted by atomic mass is 32.2. The molecule has 0 aromatic heterocycles. The predicted molar refractivity (Wildman–Crippen MR) is 58.2 cm³/mol. The van der Waals surface area contributed by atoms with Gasteiger partial charge in [0, 0.05) is 4.90 Å². The molecule has 1 saturated heterocycles. The lowest BCUT2D eigenvalue weighted by atomic mass is 10.2. The lowest BCUT2D eigenvalue weighted by Gasteiger charge is -2.07. The minimum Gasteiger partial charge on any atom is -0.393 e. The molecule has 4 heteroatoms. The molecule has 0 radical (unpaired) electrons. The highest BCUT2D eigenvalue weighted by molar-refractivity contribution is 7.85. The normalized spacial score (nSPS) is 26.3. The summed E-state index contributed by atoms with van der Waals surface area (Å²) in [5, 5.41) is 9.04. The van der Waals surface area contributed by atoms with E-state index in [1.54, 1.807) is 0 Å². The summed E-state index contributed by atoms with van der Waals surface area (Å²) in [7, 11) is -1.08. The molecule has 3 nitrogen and oxygen atoms in total. The molecule has 1 aliphatic heterocycles. The largest absolute Gasteiger partial charge is 0.393 e. The molecule has 0 spiro atoms. The van der Waals surface area contributed by atoms with Crippen molar-refractivity contribution >= 4 is 10.8 Å². The van der Waals surface area contributed by atoms with E-state index in [1.807, 2.05) is 31.2 Å². The number of aryl methyl sites for hydroxylation is 1. The Hall–Kier alpha value is -0.710. The van der Waals surface area contributed by atoms with Crippen molar-refractivity contribution in [3.8, 4) is 0 Å². The highest BCUT2D eigenvalue weighted by Gasteiger charge is 2.45. The number of aliphatic hydroxyl groups is 1. The van der Waals surface area contributed by atoms with Gasteiger partial charge in [-0.05, 0) is 19.1 Å². The molecule has 2 atom stereocenters. The first-order chi connectivity index (χ1) is 7.15. The van der Waals surface area contributed by atoms with Crippen molar-refractivity contribution in [2.75, 3.05) is 19.0 Å². The van der Waals surface area contributed by atoms with E-state index in [4.69, 9.17) is 9.84 Å². The van der Waals surface area contributed by atoms with Crippen LogP contribution in [0.4, 0.5) is 0 Å². The molecule has 1 fully saturated rings. The Morgan fingerprint density at radius 2 is 2.07 bits per heavy atom. The fraction of sp³-hybridized carbons (Fsp3) is 0.455. The summed E-state index contributed by atoms with van der Waals surface area (Å²) in [6.07, 6.45) is 0. The summed E-state index contributed by atoms with van der Waals surface area (Å²) in [6.45, 7) is 2.46. The van der Waals surface area contributed by atoms with Crippen molar-refractivity contribution in [1.29, 1.82) is 0 Å². The number of hydrogen-bond donors (Lipinski definition) is 1. The van der Waals surface area contributed by atoms with Crippen molar-refractivity contribution in [3.05, 3.63) is 29.8 Å². The number of epoxide rings is 1. The first-order valence-corrected chi connectivity index (χ1v) is 6.17. The monoisotopic (exact) mass is 226 g/mol. The molecule has 1 aromatic rings. The van der Waals surface area contributed by atoms with Crippen LogP contribution in [0.25, 0.3) is 0 Å². The Morgan fingerprint density at radius 1 is 1.47 bits per heavy atom. The van der Waals surface area contributed by atoms with Crippen LogP contribution in [0, 0.1) is 6.92 Å². The van der Waals surface area contributed by atoms with Crippen molar-refractivity contribution in [1.82, 2.24) is 0 Å². The van der Waals surface area contributed by atoms with Gasteiger partial charge in [-0.2, -0.15) is 0 Å². The third-order valence-corrected chi connectivity index (χ3v) is 4.10. The van der Waals surface area contributed by atoms with Gasteiger partial charge in [0.05, 0.1) is 29.8 Å². The molecule has 1 N–H and O–H groups in total. The first-order valence-electron chi connectivity index (χ1n) is 4.85. The molecule has 1 unspecified atom stereocenters. The molecule has 1 aliphatic rings. The Balaban J connectivity index is 2.05. The van der Waals surface area contributed by atoms with E-state index in [9.17, 15) is 4.21 Å². The van der Waals surface area contributed by atoms with Crippen molar-refractivity contribution in [2.24, 2.45) is 0 Å². The van der Waals surface area contributed by atoms with Crippen LogP contribution in [0.1, 0.15) is 5.56 Å². The van der Waals surface area contributed by atoms with Crippen molar-refractivity contribution < 1.29 is 14.1 Å². The van der Waals surface area contributed by atoms with E-state index in [2.05, 4.69) is 0 Å². The van der Waals surface area contributed by atoms with Crippen LogP contribution in [0.2, 0.25) is 0 Å². The molecule has 15 heavy (non-hydrogen) atoms. The van der Waals surface area contributed by atoms with E-state index in [1.165, 1.54) is 0 Å². The lowest BCUT2D eigenvalue weighted by molar-refractivity contribution is 0.187. The SMILES string of the molecule is Cc1ccc(S(=O)C[C@@]2(CO)CO2)cc1. The van der Waals surface area contributed by atoms with E-state index >= 15 is 0 Å². The Labute approximate surface area is 91.5 Å². The zero-order valence-electron chi connectivity index (χ0n) is 8.60. The number of hydrogen-bond acceptors (Lipinski definition) is 3. The minimum atomic E-state index is -1.08. The maximum Gasteiger partial charge on any atom is 0.126 e. The van der Waals surface area contributed by atoms with Crippen LogP contribution in [0.3, 0.4) is 0 Å². The quantitative estimate of drug-likeness (QED) is 0.775. The Morgan fingerprint density at radius 3 is 2.53 bits per heavy atom. The van der Waals surface area contributed by atoms with Gasteiger partial charge in [-0.25, -0.2) is 0 Å². The molecule has 0 amide bonds. The fourth-order valence-corrected chi connectivity index (χ4v) is 2.68. The van der Waals surface area contributed by atoms with E-state index in [-0.39, 0.29) is 6.61 Å². The molecule has 2 rings (SSSR count). The van der Waals surface area contributed by atoms with Gasteiger partial charge in [0.25, 0.3) is 0 Å². The average molecular weight is 226 g/mol. The zero-order chi connectivity index (χ0) is 10.9. The van der Waals surface area contributed by atoms with E-state index in [0.29, 0.717) is 12.4 Å². The van der Waals surface area contributed by atoms with Crippen LogP contribution >= 0.6 is 0 Å². The molecular formula is C11H14O3S. The van der Waals surface area contributed by atoms with Crippen molar-refractivity contribution in [2.45, 2.75) is 17.4 Å². The van der Waals surface area contributed by atoms with E-state index in [0.717, 1.165) is 10.5 Å². The summed E-state index contributed by atoms with van der Waals surface area (Å²) >= 11 is 0. The molecule has 0 aliphatic carbocycles. The third kappa shape index (κ3) is 2.45. The first kappa shape index (κ1) is 10.8. The van der Waals surface area contributed by atoms with E-state index < -0.39 is 16.4 Å². The van der Waals surface area contributed by atoms with Gasteiger partial charge < -0.3 is 9.84 Å². The average Bonchev–Trinajstić information content (AvgIpc) is 2.99. The molecule has 0 bridgehead atoms. The maximum atomic E-state index is 11.9. The summed E-state index contributed by atoms with van der Waals surface area (Å²) in [5.41, 5.74) is 0.616. The molecule has 1 heterocycles. The minimum absolute atomic E-state index is 0.0510. The Bertz CT molecular complexity index is 368. The van der Waals surface area contributed by atoms with Gasteiger partial charge in [-0.3, -0.25) is 4.21 Å². The maximum absolute atomic E-state index is 11.9. The third-order valence-electron chi connectivity index (χ3n) is 2.52. The second kappa shape index (κ2) is 4.04. The smallest absolute Gasteiger partial charge is 0.126 e. The van der Waals surface area contributed by atoms with Gasteiger partial charge in [0.15, 0.2) is 0 Å². The fourth-order valence-electron chi connectivity index (χ4n) is 1.33. The number of ether oxygens (including phenoxy) is 1. The van der Waals surface area contributed by atoms with Gasteiger partial charge in [-0.1, -0.05) is 17.7 Å². The summed E-state index contributed by atoms with van der Waals surface area (Å²) in [5.74, 6) is 0.382. The lowest BCUT2D eigenvalue weighted by Crippen LogP contribution is -2.25. The van der Waals surface area contributed by atoms with Crippen LogP contribution in [-0.4, -0.2) is 33.9 Å². The van der Waals surface area contributed by atoms with Gasteiger partial charge >= 0.3 is 0 Å². The van der Waals surface area contributed by atoms with Crippen LogP contribution < -0.4 is 0 Å². The second-order valence-corrected chi connectivity index (χ2v) is 5.38. The topological polar surface area (TPSA) is 49.8 Å². The summed E-state index contributed by atoms with van der Waals surface area (Å²) in [6, 6.07) is 7.59. The number of benzene rings is 1. The zero-order valence-corrected chi connectivity index (χ0v) is 9.42.